The van der Waals surface area contributed by atoms with Crippen molar-refractivity contribution in [2.45, 2.75) is 0 Å². The molecule has 0 saturated carbocycles. The third kappa shape index (κ3) is 16.8. The topological polar surface area (TPSA) is 147 Å². The van der Waals surface area contributed by atoms with Crippen molar-refractivity contribution in [3.63, 3.8) is 0 Å². The first-order chi connectivity index (χ1) is 12.3. The molecule has 0 spiro atoms. The smallest absolute Gasteiger partial charge is 0.0108 e. The third-order valence-corrected chi connectivity index (χ3v) is 3.95. The van der Waals surface area contributed by atoms with Crippen LogP contribution in [0.4, 0.5) is 0 Å². The molecule has 9 nitrogen and oxygen atoms in total. The summed E-state index contributed by atoms with van der Waals surface area (Å²) in [7, 11) is 0. The Balaban J connectivity index is 3.67. The van der Waals surface area contributed by atoms with Crippen molar-refractivity contribution in [1.82, 2.24) is 25.8 Å². The van der Waals surface area contributed by atoms with E-state index in [9.17, 15) is 0 Å². The first kappa shape index (κ1) is 24.6. The molecule has 0 fully saturated rings. The van der Waals surface area contributed by atoms with Crippen LogP contribution in [0.2, 0.25) is 0 Å². The fourth-order valence-corrected chi connectivity index (χ4v) is 2.58. The number of nitrogens with two attached hydrogens (primary N) is 4. The van der Waals surface area contributed by atoms with Gasteiger partial charge in [-0.15, -0.1) is 0 Å². The van der Waals surface area contributed by atoms with Gasteiger partial charge in [0.05, 0.1) is 0 Å². The van der Waals surface area contributed by atoms with Crippen LogP contribution in [-0.2, 0) is 0 Å². The molecule has 0 atom stereocenters. The van der Waals surface area contributed by atoms with Crippen LogP contribution in [0.5, 0.6) is 0 Å². The van der Waals surface area contributed by atoms with E-state index in [1.54, 1.807) is 0 Å². The summed E-state index contributed by atoms with van der Waals surface area (Å²) in [6.45, 7) is 14.2. The third-order valence-electron chi connectivity index (χ3n) is 3.95. The Bertz CT molecular complexity index is 250. The second-order valence-electron chi connectivity index (χ2n) is 6.09. The Morgan fingerprint density at radius 3 is 1.16 bits per heavy atom. The monoisotopic (exact) mass is 361 g/mol. The van der Waals surface area contributed by atoms with Crippen molar-refractivity contribution < 1.29 is 0 Å². The molecule has 0 aliphatic rings. The average Bonchev–Trinajstić information content (AvgIpc) is 2.60. The van der Waals surface area contributed by atoms with Gasteiger partial charge in [-0.25, -0.2) is 0 Å². The Kier molecular flexibility index (Phi) is 19.7. The second-order valence-corrected chi connectivity index (χ2v) is 6.09. The van der Waals surface area contributed by atoms with Crippen molar-refractivity contribution in [2.24, 2.45) is 22.9 Å². The van der Waals surface area contributed by atoms with Crippen molar-refractivity contribution in [3.8, 4) is 0 Å². The van der Waals surface area contributed by atoms with E-state index in [0.29, 0.717) is 26.2 Å². The molecule has 0 aromatic carbocycles. The lowest BCUT2D eigenvalue weighted by molar-refractivity contribution is 0.266. The van der Waals surface area contributed by atoms with Crippen LogP contribution >= 0.6 is 0 Å². The maximum atomic E-state index is 5.72. The molecule has 0 heterocycles. The predicted molar refractivity (Wildman–Crippen MR) is 108 cm³/mol. The molecular formula is C16H43N9. The van der Waals surface area contributed by atoms with Gasteiger partial charge in [-0.3, -0.25) is 9.80 Å². The van der Waals surface area contributed by atoms with Gasteiger partial charge in [0.1, 0.15) is 0 Å². The molecule has 9 heteroatoms. The molecule has 11 N–H and O–H groups in total. The highest BCUT2D eigenvalue weighted by molar-refractivity contribution is 4.65. The summed E-state index contributed by atoms with van der Waals surface area (Å²) in [5, 5.41) is 10.2. The quantitative estimate of drug-likeness (QED) is 0.108. The molecule has 0 unspecified atom stereocenters. The Morgan fingerprint density at radius 2 is 0.760 bits per heavy atom. The Labute approximate surface area is 154 Å². The fourth-order valence-electron chi connectivity index (χ4n) is 2.58. The molecule has 0 aliphatic carbocycles. The molecule has 0 aromatic heterocycles. The van der Waals surface area contributed by atoms with Crippen LogP contribution in [0.15, 0.2) is 0 Å². The summed E-state index contributed by atoms with van der Waals surface area (Å²) in [6, 6.07) is 0. The van der Waals surface area contributed by atoms with Crippen LogP contribution in [0.1, 0.15) is 0 Å². The van der Waals surface area contributed by atoms with Gasteiger partial charge in [0.2, 0.25) is 0 Å². The van der Waals surface area contributed by atoms with Gasteiger partial charge in [0, 0.05) is 105 Å². The zero-order valence-corrected chi connectivity index (χ0v) is 16.0. The van der Waals surface area contributed by atoms with E-state index in [1.807, 2.05) is 0 Å². The number of rotatable bonds is 20. The zero-order chi connectivity index (χ0) is 18.6. The Morgan fingerprint density at radius 1 is 0.400 bits per heavy atom. The molecule has 0 amide bonds. The second kappa shape index (κ2) is 20.0. The van der Waals surface area contributed by atoms with Gasteiger partial charge in [-0.2, -0.15) is 0 Å². The molecule has 0 bridgehead atoms. The van der Waals surface area contributed by atoms with Crippen molar-refractivity contribution >= 4 is 0 Å². The normalized spacial score (nSPS) is 11.8. The number of hydrogen-bond donors (Lipinski definition) is 7. The highest BCUT2D eigenvalue weighted by Crippen LogP contribution is 1.87. The Hall–Kier alpha value is -0.360. The van der Waals surface area contributed by atoms with E-state index in [4.69, 9.17) is 22.9 Å². The lowest BCUT2D eigenvalue weighted by Gasteiger charge is -2.23. The minimum absolute atomic E-state index is 0.680. The maximum Gasteiger partial charge on any atom is 0.0108 e. The van der Waals surface area contributed by atoms with E-state index in [2.05, 4.69) is 25.8 Å². The maximum absolute atomic E-state index is 5.72. The van der Waals surface area contributed by atoms with Crippen molar-refractivity contribution in [1.29, 1.82) is 0 Å². The number of hydrogen-bond acceptors (Lipinski definition) is 9. The van der Waals surface area contributed by atoms with Gasteiger partial charge in [0.25, 0.3) is 0 Å². The van der Waals surface area contributed by atoms with Crippen LogP contribution in [-0.4, -0.2) is 115 Å². The van der Waals surface area contributed by atoms with Gasteiger partial charge in [-0.05, 0) is 0 Å². The average molecular weight is 362 g/mol. The molecular weight excluding hydrogens is 318 g/mol. The molecule has 0 radical (unpaired) electrons. The summed E-state index contributed by atoms with van der Waals surface area (Å²) in [5.74, 6) is 0. The summed E-state index contributed by atoms with van der Waals surface area (Å²) in [4.78, 5) is 4.69. The van der Waals surface area contributed by atoms with E-state index >= 15 is 0 Å². The van der Waals surface area contributed by atoms with Crippen LogP contribution in [0.3, 0.4) is 0 Å². The van der Waals surface area contributed by atoms with E-state index < -0.39 is 0 Å². The standard InChI is InChI=1S/C16H43N9/c17-1-5-21-6-7-22-8-15-25(13-4-20)16-10-23-9-14-24(11-2-18)12-3-19/h21-23H,1-20H2. The molecule has 0 aromatic rings. The van der Waals surface area contributed by atoms with Crippen molar-refractivity contribution in [3.05, 3.63) is 0 Å². The summed E-state index contributed by atoms with van der Waals surface area (Å²) < 4.78 is 0. The minimum atomic E-state index is 0.680. The summed E-state index contributed by atoms with van der Waals surface area (Å²) in [6.07, 6.45) is 0. The molecule has 0 aliphatic heterocycles. The van der Waals surface area contributed by atoms with Gasteiger partial charge < -0.3 is 38.9 Å². The predicted octanol–water partition coefficient (Wildman–Crippen LogP) is -3.81. The number of nitrogens with one attached hydrogen (secondary N) is 3. The largest absolute Gasteiger partial charge is 0.329 e. The first-order valence-corrected chi connectivity index (χ1v) is 9.65. The molecule has 25 heavy (non-hydrogen) atoms. The summed E-state index contributed by atoms with van der Waals surface area (Å²) in [5.41, 5.74) is 22.4. The van der Waals surface area contributed by atoms with Crippen LogP contribution in [0.25, 0.3) is 0 Å². The first-order valence-electron chi connectivity index (χ1n) is 9.65. The lowest BCUT2D eigenvalue weighted by Crippen LogP contribution is -2.42. The van der Waals surface area contributed by atoms with Crippen LogP contribution in [0, 0.1) is 0 Å². The van der Waals surface area contributed by atoms with E-state index in [1.165, 1.54) is 0 Å². The fraction of sp³-hybridized carbons (Fsp3) is 1.00. The molecule has 0 saturated heterocycles. The van der Waals surface area contributed by atoms with Crippen LogP contribution < -0.4 is 38.9 Å². The van der Waals surface area contributed by atoms with E-state index in [-0.39, 0.29) is 0 Å². The van der Waals surface area contributed by atoms with Gasteiger partial charge >= 0.3 is 0 Å². The van der Waals surface area contributed by atoms with Crippen molar-refractivity contribution in [2.75, 3.05) is 105 Å². The minimum Gasteiger partial charge on any atom is -0.329 e. The van der Waals surface area contributed by atoms with Gasteiger partial charge in [0.15, 0.2) is 0 Å². The van der Waals surface area contributed by atoms with E-state index in [0.717, 1.165) is 78.5 Å². The molecule has 152 valence electrons. The van der Waals surface area contributed by atoms with Gasteiger partial charge in [-0.1, -0.05) is 0 Å². The highest BCUT2D eigenvalue weighted by Gasteiger charge is 2.04. The summed E-state index contributed by atoms with van der Waals surface area (Å²) >= 11 is 0. The molecule has 0 rings (SSSR count). The zero-order valence-electron chi connectivity index (χ0n) is 16.0. The SMILES string of the molecule is NCCNCCNCCN(CCN)CCNCCN(CCN)CCN. The number of nitrogens with zero attached hydrogens (tertiary/aromatic N) is 2. The highest BCUT2D eigenvalue weighted by atomic mass is 15.2. The lowest BCUT2D eigenvalue weighted by atomic mass is 10.4.